The van der Waals surface area contributed by atoms with Crippen molar-refractivity contribution in [3.63, 3.8) is 0 Å². The van der Waals surface area contributed by atoms with E-state index in [9.17, 15) is 0 Å². The van der Waals surface area contributed by atoms with Crippen molar-refractivity contribution in [1.29, 1.82) is 0 Å². The number of rotatable bonds is 4. The van der Waals surface area contributed by atoms with Crippen LogP contribution in [0.2, 0.25) is 0 Å². The van der Waals surface area contributed by atoms with Crippen molar-refractivity contribution in [1.82, 2.24) is 5.12 Å². The number of thioether (sulfide) groups is 1. The van der Waals surface area contributed by atoms with Crippen LogP contribution in [0.1, 0.15) is 13.8 Å². The average Bonchev–Trinajstić information content (AvgIpc) is 2.94. The first-order valence-corrected chi connectivity index (χ1v) is 7.09. The molecule has 1 aromatic carbocycles. The Bertz CT molecular complexity index is 523. The quantitative estimate of drug-likeness (QED) is 0.849. The lowest BCUT2D eigenvalue weighted by atomic mass is 10.2. The standard InChI is InChI=1S/C12H16N4O2S/c1-3-17-8-5-6-9(18-4-2)11-10(8)15-7-14-16(13)12(15)19-11/h5-7,12H,3-4,13H2,1-2H3. The molecule has 7 heteroatoms. The van der Waals surface area contributed by atoms with Gasteiger partial charge >= 0.3 is 0 Å². The first-order chi connectivity index (χ1) is 9.26. The van der Waals surface area contributed by atoms with Gasteiger partial charge in [-0.3, -0.25) is 4.90 Å². The van der Waals surface area contributed by atoms with Crippen LogP contribution in [-0.4, -0.2) is 30.2 Å². The van der Waals surface area contributed by atoms with Crippen LogP contribution in [0.3, 0.4) is 0 Å². The molecule has 1 unspecified atom stereocenters. The van der Waals surface area contributed by atoms with Crippen LogP contribution < -0.4 is 20.2 Å². The number of hydrogen-bond donors (Lipinski definition) is 1. The number of hydrogen-bond acceptors (Lipinski definition) is 7. The molecule has 1 atom stereocenters. The molecule has 0 amide bonds. The molecule has 1 aromatic rings. The summed E-state index contributed by atoms with van der Waals surface area (Å²) in [6, 6.07) is 3.88. The number of hydrazine groups is 1. The molecule has 6 nitrogen and oxygen atoms in total. The van der Waals surface area contributed by atoms with Gasteiger partial charge in [-0.1, -0.05) is 11.8 Å². The predicted molar refractivity (Wildman–Crippen MR) is 75.4 cm³/mol. The SMILES string of the molecule is CCOc1ccc(OCC)c2c1SC1N(N)N=CN21. The van der Waals surface area contributed by atoms with Crippen molar-refractivity contribution in [2.45, 2.75) is 24.2 Å². The first kappa shape index (κ1) is 12.4. The van der Waals surface area contributed by atoms with Crippen molar-refractivity contribution in [2.75, 3.05) is 18.1 Å². The van der Waals surface area contributed by atoms with Gasteiger partial charge in [0, 0.05) is 0 Å². The van der Waals surface area contributed by atoms with Crippen molar-refractivity contribution in [3.05, 3.63) is 12.1 Å². The monoisotopic (exact) mass is 280 g/mol. The van der Waals surface area contributed by atoms with E-state index in [-0.39, 0.29) is 5.50 Å². The molecule has 19 heavy (non-hydrogen) atoms. The maximum Gasteiger partial charge on any atom is 0.192 e. The summed E-state index contributed by atoms with van der Waals surface area (Å²) in [5, 5.41) is 5.53. The van der Waals surface area contributed by atoms with E-state index in [0.29, 0.717) is 13.2 Å². The van der Waals surface area contributed by atoms with Crippen LogP contribution in [0.5, 0.6) is 11.5 Å². The molecule has 0 radical (unpaired) electrons. The normalized spacial score (nSPS) is 19.6. The topological polar surface area (TPSA) is 63.3 Å². The molecule has 2 N–H and O–H groups in total. The summed E-state index contributed by atoms with van der Waals surface area (Å²) in [7, 11) is 0. The second-order valence-corrected chi connectivity index (χ2v) is 5.13. The molecule has 0 aliphatic carbocycles. The summed E-state index contributed by atoms with van der Waals surface area (Å²) in [5.74, 6) is 7.53. The zero-order valence-corrected chi connectivity index (χ0v) is 11.7. The van der Waals surface area contributed by atoms with E-state index < -0.39 is 0 Å². The van der Waals surface area contributed by atoms with Gasteiger partial charge in [0.15, 0.2) is 5.50 Å². The molecule has 0 saturated heterocycles. The van der Waals surface area contributed by atoms with Crippen molar-refractivity contribution in [3.8, 4) is 11.5 Å². The Balaban J connectivity index is 2.06. The van der Waals surface area contributed by atoms with Gasteiger partial charge in [0.05, 0.1) is 18.1 Å². The lowest BCUT2D eigenvalue weighted by Crippen LogP contribution is -2.38. The number of ether oxygens (including phenoxy) is 2. The Morgan fingerprint density at radius 1 is 1.26 bits per heavy atom. The van der Waals surface area contributed by atoms with E-state index in [2.05, 4.69) is 5.10 Å². The van der Waals surface area contributed by atoms with Crippen LogP contribution in [0.4, 0.5) is 5.69 Å². The number of benzene rings is 1. The zero-order chi connectivity index (χ0) is 13.4. The maximum atomic E-state index is 5.84. The highest BCUT2D eigenvalue weighted by Crippen LogP contribution is 2.53. The van der Waals surface area contributed by atoms with Crippen LogP contribution in [-0.2, 0) is 0 Å². The highest BCUT2D eigenvalue weighted by atomic mass is 32.2. The summed E-state index contributed by atoms with van der Waals surface area (Å²) in [4.78, 5) is 3.06. The molecule has 0 aromatic heterocycles. The number of nitrogens with two attached hydrogens (primary N) is 1. The average molecular weight is 280 g/mol. The number of fused-ring (bicyclic) bond motifs is 3. The molecule has 0 bridgehead atoms. The fourth-order valence-electron chi connectivity index (χ4n) is 2.18. The Hall–Kier alpha value is -1.60. The third-order valence-electron chi connectivity index (χ3n) is 2.91. The molecule has 2 aliphatic heterocycles. The molecule has 3 rings (SSSR count). The van der Waals surface area contributed by atoms with Crippen molar-refractivity contribution in [2.24, 2.45) is 10.9 Å². The predicted octanol–water partition coefficient (Wildman–Crippen LogP) is 1.81. The lowest BCUT2D eigenvalue weighted by molar-refractivity contribution is 0.307. The number of anilines is 1. The Kier molecular flexibility index (Phi) is 3.16. The van der Waals surface area contributed by atoms with Gasteiger partial charge in [0.1, 0.15) is 23.5 Å². The summed E-state index contributed by atoms with van der Waals surface area (Å²) in [6.07, 6.45) is 1.72. The van der Waals surface area contributed by atoms with E-state index in [1.165, 1.54) is 5.12 Å². The molecule has 0 saturated carbocycles. The Labute approximate surface area is 116 Å². The van der Waals surface area contributed by atoms with Gasteiger partial charge in [0.25, 0.3) is 0 Å². The summed E-state index contributed by atoms with van der Waals surface area (Å²) in [5.41, 5.74) is 0.926. The summed E-state index contributed by atoms with van der Waals surface area (Å²) in [6.45, 7) is 5.19. The van der Waals surface area contributed by atoms with E-state index in [1.54, 1.807) is 18.1 Å². The summed E-state index contributed by atoms with van der Waals surface area (Å²) >= 11 is 1.62. The van der Waals surface area contributed by atoms with Crippen molar-refractivity contribution >= 4 is 23.8 Å². The van der Waals surface area contributed by atoms with Crippen LogP contribution in [0.15, 0.2) is 22.1 Å². The van der Waals surface area contributed by atoms with Gasteiger partial charge in [0.2, 0.25) is 0 Å². The highest BCUT2D eigenvalue weighted by Gasteiger charge is 2.40. The Morgan fingerprint density at radius 2 is 1.95 bits per heavy atom. The van der Waals surface area contributed by atoms with Gasteiger partial charge in [-0.15, -0.1) is 5.10 Å². The third-order valence-corrected chi connectivity index (χ3v) is 4.20. The minimum atomic E-state index is -0.0594. The van der Waals surface area contributed by atoms with Crippen LogP contribution in [0.25, 0.3) is 0 Å². The van der Waals surface area contributed by atoms with Crippen molar-refractivity contribution < 1.29 is 9.47 Å². The van der Waals surface area contributed by atoms with E-state index in [0.717, 1.165) is 22.1 Å². The first-order valence-electron chi connectivity index (χ1n) is 6.21. The van der Waals surface area contributed by atoms with Crippen LogP contribution >= 0.6 is 11.8 Å². The second kappa shape index (κ2) is 4.82. The van der Waals surface area contributed by atoms with E-state index >= 15 is 0 Å². The van der Waals surface area contributed by atoms with Gasteiger partial charge in [-0.25, -0.2) is 5.84 Å². The van der Waals surface area contributed by atoms with E-state index in [4.69, 9.17) is 15.3 Å². The third kappa shape index (κ3) is 1.89. The molecular weight excluding hydrogens is 264 g/mol. The number of hydrazone groups is 1. The fourth-order valence-corrected chi connectivity index (χ4v) is 3.38. The second-order valence-electron chi connectivity index (χ2n) is 4.07. The lowest BCUT2D eigenvalue weighted by Gasteiger charge is -2.19. The van der Waals surface area contributed by atoms with Gasteiger partial charge < -0.3 is 9.47 Å². The number of nitrogens with zero attached hydrogens (tertiary/aromatic N) is 3. The molecule has 102 valence electrons. The molecule has 2 heterocycles. The minimum Gasteiger partial charge on any atom is -0.493 e. The molecule has 0 spiro atoms. The largest absolute Gasteiger partial charge is 0.493 e. The molecular formula is C12H16N4O2S. The van der Waals surface area contributed by atoms with Gasteiger partial charge in [-0.2, -0.15) is 5.12 Å². The van der Waals surface area contributed by atoms with E-state index in [1.807, 2.05) is 30.9 Å². The summed E-state index contributed by atoms with van der Waals surface area (Å²) < 4.78 is 11.4. The van der Waals surface area contributed by atoms with Gasteiger partial charge in [-0.05, 0) is 26.0 Å². The highest BCUT2D eigenvalue weighted by molar-refractivity contribution is 8.00. The molecule has 0 fully saturated rings. The molecule has 2 aliphatic rings. The zero-order valence-electron chi connectivity index (χ0n) is 10.9. The van der Waals surface area contributed by atoms with Crippen LogP contribution in [0, 0.1) is 0 Å². The Morgan fingerprint density at radius 3 is 2.68 bits per heavy atom. The minimum absolute atomic E-state index is 0.0594. The fraction of sp³-hybridized carbons (Fsp3) is 0.417. The smallest absolute Gasteiger partial charge is 0.192 e. The maximum absolute atomic E-state index is 5.84.